The van der Waals surface area contributed by atoms with Crippen LogP contribution in [-0.4, -0.2) is 253 Å². The zero-order chi connectivity index (χ0) is 102. The topological polar surface area (TPSA) is 461 Å². The van der Waals surface area contributed by atoms with E-state index in [1.165, 1.54) is 114 Å². The Bertz CT molecular complexity index is 6790. The Balaban J connectivity index is 0.000000131. The van der Waals surface area contributed by atoms with Crippen LogP contribution >= 0.6 is 11.8 Å². The van der Waals surface area contributed by atoms with Gasteiger partial charge in [-0.1, -0.05) is 139 Å². The van der Waals surface area contributed by atoms with Gasteiger partial charge in [0.25, 0.3) is 94.5 Å². The van der Waals surface area contributed by atoms with Crippen molar-refractivity contribution in [3.63, 3.8) is 0 Å². The SMILES string of the molecule is CC(C)CC(CO)N1C(=O)c2ccc3c4c(ccc(c24)C1=O)C(=O)N(C(CO)CC(C)C)C3=O.CC(C)CC(CO)N1C(=O)c2ccc3c4c(ccc(c24)C1=O)C(=O)N(CCSCCO)C3=O.O=C1c2ccc3c4c(ccc(c24)C(=O)N1C(CO)Cc1ccccc1)C(=O)N(C(CO)Cc1ccccc1)C3=O.O=C1c2ccc3c4c(ccc(c24)C(=O)N1c1ccccc1CO)C(=O)N(c1ccccc1CO)C3=O. The minimum atomic E-state index is -0.792. The van der Waals surface area contributed by atoms with E-state index >= 15 is 0 Å². The molecule has 8 heterocycles. The van der Waals surface area contributed by atoms with Gasteiger partial charge < -0.3 is 40.9 Å². The van der Waals surface area contributed by atoms with Crippen LogP contribution in [0.25, 0.3) is 43.1 Å². The molecule has 143 heavy (non-hydrogen) atoms. The Kier molecular flexibility index (Phi) is 28.4. The average Bonchev–Trinajstić information content (AvgIpc) is 0.718. The molecule has 0 bridgehead atoms. The summed E-state index contributed by atoms with van der Waals surface area (Å²) < 4.78 is 0. The summed E-state index contributed by atoms with van der Waals surface area (Å²) in [6.07, 6.45) is 1.92. The maximum absolute atomic E-state index is 13.7. The molecule has 0 spiro atoms. The summed E-state index contributed by atoms with van der Waals surface area (Å²) in [6.45, 7) is 9.30. The molecule has 32 nitrogen and oxygen atoms in total. The van der Waals surface area contributed by atoms with Crippen molar-refractivity contribution >= 4 is 161 Å². The number of thioether (sulfide) groups is 1. The molecule has 0 fully saturated rings. The minimum absolute atomic E-state index is 0.0215. The van der Waals surface area contributed by atoms with Gasteiger partial charge in [-0.05, 0) is 170 Å². The van der Waals surface area contributed by atoms with E-state index in [1.807, 2.05) is 102 Å². The van der Waals surface area contributed by atoms with Gasteiger partial charge in [0.1, 0.15) is 0 Å². The Morgan fingerprint density at radius 2 is 0.434 bits per heavy atom. The molecule has 5 unspecified atom stereocenters. The van der Waals surface area contributed by atoms with Gasteiger partial charge in [-0.25, -0.2) is 9.80 Å². The second kappa shape index (κ2) is 40.8. The maximum atomic E-state index is 13.7. The fourth-order valence-corrected chi connectivity index (χ4v) is 21.3. The minimum Gasteiger partial charge on any atom is -0.396 e. The normalized spacial score (nSPS) is 16.1. The van der Waals surface area contributed by atoms with E-state index < -0.39 is 138 Å². The standard InChI is InChI=1S/C32H26N2O6.C28H18N2O6.C26H30N2O6.C24H26N2O6S/c35-17-21(15-19-7-3-1-4-8-19)33-29(37)23-11-13-25-28-26(14-12-24(27(23)28)30(33)38)32(40)34(31(25)39)22(18-36)16-20-9-5-2-6-10-20;31-13-15-5-1-3-7-21(15)29-25(33)17-9-11-19-24-20(12-10-18(23(17)24)26(29)34)28(36)30(27(19)35)22-8-4-2-6-16(22)14-32;1-13(2)9-15(11-29)27-23(31)17-5-7-19-22-20(8-6-18(21(17)22)24(27)32)26(34)28(25(19)33)16(12-30)10-14(3)4;1-13(2)11-14(12-28)26-23(31)17-5-3-15-19-16(4-6-18(20(17)19)24(26)32)22(30)25(21(15)29)7-9-33-10-8-27/h1-14,21-22,35-36H,15-18H2;1-12,31-32H,13-14H2;5-8,13-16,29-30H,9-12H2,1-4H3;3-6,13-14,27-28H,7-12H2,1-2H3. The predicted molar refractivity (Wildman–Crippen MR) is 528 cm³/mol. The van der Waals surface area contributed by atoms with Crippen molar-refractivity contribution in [1.29, 1.82) is 0 Å². The van der Waals surface area contributed by atoms with E-state index in [-0.39, 0.29) is 199 Å². The van der Waals surface area contributed by atoms with E-state index in [9.17, 15) is 112 Å². The molecule has 12 aromatic carbocycles. The lowest BCUT2D eigenvalue weighted by Gasteiger charge is -2.37. The maximum Gasteiger partial charge on any atom is 0.265 e. The number of anilines is 2. The third kappa shape index (κ3) is 17.2. The molecule has 0 radical (unpaired) electrons. The highest BCUT2D eigenvalue weighted by Gasteiger charge is 2.50. The lowest BCUT2D eigenvalue weighted by atomic mass is 9.84. The fourth-order valence-electron chi connectivity index (χ4n) is 20.7. The average molecular weight is 1950 g/mol. The summed E-state index contributed by atoms with van der Waals surface area (Å²) in [6, 6.07) is 52.3. The lowest BCUT2D eigenvalue weighted by molar-refractivity contribution is 0.0425. The number of hydrogen-bond donors (Lipinski definition) is 8. The summed E-state index contributed by atoms with van der Waals surface area (Å²) in [4.78, 5) is 224. The van der Waals surface area contributed by atoms with Gasteiger partial charge in [-0.3, -0.25) is 106 Å². The third-order valence-electron chi connectivity index (χ3n) is 27.1. The number of para-hydroxylation sites is 2. The molecule has 0 aromatic heterocycles. The van der Waals surface area contributed by atoms with E-state index in [0.717, 1.165) is 45.4 Å². The second-order valence-corrected chi connectivity index (χ2v) is 38.4. The number of imide groups is 8. The number of benzene rings is 12. The first-order chi connectivity index (χ1) is 68.8. The van der Waals surface area contributed by atoms with Crippen molar-refractivity contribution in [2.75, 3.05) is 67.5 Å². The Hall–Kier alpha value is -15.2. The first kappa shape index (κ1) is 99.4. The van der Waals surface area contributed by atoms with Gasteiger partial charge in [0.2, 0.25) is 0 Å². The highest BCUT2D eigenvalue weighted by molar-refractivity contribution is 7.99. The first-order valence-electron chi connectivity index (χ1n) is 47.0. The largest absolute Gasteiger partial charge is 0.396 e. The van der Waals surface area contributed by atoms with E-state index in [0.29, 0.717) is 63.4 Å². The smallest absolute Gasteiger partial charge is 0.265 e. The molecule has 0 saturated carbocycles. The Labute approximate surface area is 822 Å². The van der Waals surface area contributed by atoms with Crippen LogP contribution in [0.1, 0.15) is 249 Å². The summed E-state index contributed by atoms with van der Waals surface area (Å²) >= 11 is 1.44. The van der Waals surface area contributed by atoms with Crippen molar-refractivity contribution < 1.29 is 118 Å². The number of aliphatic hydroxyl groups excluding tert-OH is 8. The van der Waals surface area contributed by atoms with Crippen LogP contribution in [0, 0.1) is 17.8 Å². The number of rotatable bonds is 29. The molecule has 0 saturated heterocycles. The molecule has 8 N–H and O–H groups in total. The molecule has 12 aromatic rings. The highest BCUT2D eigenvalue weighted by Crippen LogP contribution is 2.47. The highest BCUT2D eigenvalue weighted by atomic mass is 32.2. The molecule has 730 valence electrons. The van der Waals surface area contributed by atoms with Crippen LogP contribution in [0.15, 0.2) is 206 Å². The summed E-state index contributed by atoms with van der Waals surface area (Å²) in [5.41, 5.74) is 6.59. The zero-order valence-electron chi connectivity index (χ0n) is 78.7. The predicted octanol–water partition coefficient (Wildman–Crippen LogP) is 11.7. The zero-order valence-corrected chi connectivity index (χ0v) is 79.5. The number of amides is 16. The molecule has 8 aliphatic rings. The van der Waals surface area contributed by atoms with Crippen LogP contribution in [-0.2, 0) is 26.1 Å². The summed E-state index contributed by atoms with van der Waals surface area (Å²) in [5.74, 6) is -7.45. The molecular weight excluding hydrogens is 1850 g/mol. The quantitative estimate of drug-likeness (QED) is 0.0159. The van der Waals surface area contributed by atoms with Gasteiger partial charge in [-0.2, -0.15) is 11.8 Å². The van der Waals surface area contributed by atoms with Crippen molar-refractivity contribution in [1.82, 2.24) is 29.4 Å². The van der Waals surface area contributed by atoms with Crippen LogP contribution in [0.4, 0.5) is 11.4 Å². The Morgan fingerprint density at radius 3 is 0.643 bits per heavy atom. The van der Waals surface area contributed by atoms with E-state index in [4.69, 9.17) is 5.11 Å². The van der Waals surface area contributed by atoms with Crippen LogP contribution < -0.4 is 9.80 Å². The third-order valence-corrected chi connectivity index (χ3v) is 28.0. The summed E-state index contributed by atoms with van der Waals surface area (Å²) in [5, 5.41) is 80.8. The molecular formula is C110H100N8O24S. The van der Waals surface area contributed by atoms with Gasteiger partial charge in [0.15, 0.2) is 0 Å². The number of carbonyl (C=O) groups excluding carboxylic acids is 16. The van der Waals surface area contributed by atoms with Gasteiger partial charge >= 0.3 is 0 Å². The van der Waals surface area contributed by atoms with E-state index in [1.54, 1.807) is 48.5 Å². The lowest BCUT2D eigenvalue weighted by Crippen LogP contribution is -2.51. The molecule has 5 atom stereocenters. The monoisotopic (exact) mass is 1950 g/mol. The van der Waals surface area contributed by atoms with Crippen molar-refractivity contribution in [2.24, 2.45) is 17.8 Å². The van der Waals surface area contributed by atoms with Crippen LogP contribution in [0.5, 0.6) is 0 Å². The molecule has 8 aliphatic heterocycles. The fraction of sp³-hybridized carbons (Fsp3) is 0.273. The first-order valence-corrected chi connectivity index (χ1v) is 48.1. The van der Waals surface area contributed by atoms with Gasteiger partial charge in [0, 0.05) is 161 Å². The van der Waals surface area contributed by atoms with Crippen LogP contribution in [0.2, 0.25) is 0 Å². The molecule has 0 aliphatic carbocycles. The van der Waals surface area contributed by atoms with Crippen molar-refractivity contribution in [3.8, 4) is 0 Å². The summed E-state index contributed by atoms with van der Waals surface area (Å²) in [7, 11) is 0. The van der Waals surface area contributed by atoms with Gasteiger partial charge in [-0.15, -0.1) is 0 Å². The molecule has 33 heteroatoms. The number of hydrogen-bond acceptors (Lipinski definition) is 25. The van der Waals surface area contributed by atoms with Crippen molar-refractivity contribution in [2.45, 2.75) is 117 Å². The Morgan fingerprint density at radius 1 is 0.231 bits per heavy atom. The number of carbonyl (C=O) groups is 16. The second-order valence-electron chi connectivity index (χ2n) is 37.2. The number of nitrogens with zero attached hydrogens (tertiary/aromatic N) is 8. The molecule has 20 rings (SSSR count). The van der Waals surface area contributed by atoms with Crippen molar-refractivity contribution in [3.05, 3.63) is 318 Å². The van der Waals surface area contributed by atoms with Crippen LogP contribution in [0.3, 0.4) is 0 Å². The molecule has 16 amide bonds. The van der Waals surface area contributed by atoms with Gasteiger partial charge in [0.05, 0.1) is 94.4 Å². The number of aliphatic hydroxyl groups is 8. The van der Waals surface area contributed by atoms with E-state index in [2.05, 4.69) is 0 Å².